The van der Waals surface area contributed by atoms with Gasteiger partial charge < -0.3 is 9.84 Å². The molecular weight excluding hydrogens is 200 g/mol. The highest BCUT2D eigenvalue weighted by Gasteiger charge is 2.40. The van der Waals surface area contributed by atoms with E-state index in [9.17, 15) is 5.11 Å². The van der Waals surface area contributed by atoms with Crippen LogP contribution in [-0.2, 0) is 12.0 Å². The molecule has 1 heterocycles. The first-order chi connectivity index (χ1) is 7.69. The van der Waals surface area contributed by atoms with Crippen LogP contribution in [0, 0.1) is 5.92 Å². The Labute approximate surface area is 96.2 Å². The van der Waals surface area contributed by atoms with Crippen molar-refractivity contribution in [2.24, 2.45) is 5.92 Å². The monoisotopic (exact) mass is 218 g/mol. The minimum absolute atomic E-state index is 0.613. The first kappa shape index (κ1) is 10.2. The number of aliphatic hydroxyl groups is 1. The summed E-state index contributed by atoms with van der Waals surface area (Å²) < 4.78 is 5.68. The average molecular weight is 218 g/mol. The molecule has 2 aliphatic rings. The van der Waals surface area contributed by atoms with Gasteiger partial charge in [-0.1, -0.05) is 25.1 Å². The lowest BCUT2D eigenvalue weighted by molar-refractivity contribution is 0.0382. The number of fused-ring (bicyclic) bond motifs is 1. The van der Waals surface area contributed by atoms with Gasteiger partial charge in [0.1, 0.15) is 5.75 Å². The molecule has 0 amide bonds. The van der Waals surface area contributed by atoms with Crippen molar-refractivity contribution in [1.29, 1.82) is 0 Å². The average Bonchev–Trinajstić information content (AvgIpc) is 2.85. The van der Waals surface area contributed by atoms with Crippen LogP contribution in [0.3, 0.4) is 0 Å². The topological polar surface area (TPSA) is 29.5 Å². The maximum absolute atomic E-state index is 10.7. The van der Waals surface area contributed by atoms with E-state index >= 15 is 0 Å². The summed E-state index contributed by atoms with van der Waals surface area (Å²) in [4.78, 5) is 0. The Bertz CT molecular complexity index is 413. The molecule has 0 aromatic heterocycles. The van der Waals surface area contributed by atoms with Crippen LogP contribution >= 0.6 is 0 Å². The highest BCUT2D eigenvalue weighted by Crippen LogP contribution is 2.46. The van der Waals surface area contributed by atoms with E-state index < -0.39 is 5.60 Å². The van der Waals surface area contributed by atoms with Gasteiger partial charge in [-0.2, -0.15) is 0 Å². The lowest BCUT2D eigenvalue weighted by Gasteiger charge is -2.25. The smallest absolute Gasteiger partial charge is 0.128 e. The van der Waals surface area contributed by atoms with Gasteiger partial charge in [0, 0.05) is 12.0 Å². The fourth-order valence-electron chi connectivity index (χ4n) is 3.09. The summed E-state index contributed by atoms with van der Waals surface area (Å²) in [7, 11) is 0. The standard InChI is InChI=1S/C14H18O2/c1-10-5-7-14(15,9-10)12-4-2-3-11-6-8-16-13(11)12/h2-4,10,15H,5-9H2,1H3. The second-order valence-electron chi connectivity index (χ2n) is 5.27. The fraction of sp³-hybridized carbons (Fsp3) is 0.571. The van der Waals surface area contributed by atoms with E-state index in [0.29, 0.717) is 5.92 Å². The van der Waals surface area contributed by atoms with Crippen molar-refractivity contribution in [3.63, 3.8) is 0 Å². The molecule has 1 N–H and O–H groups in total. The van der Waals surface area contributed by atoms with E-state index in [4.69, 9.17) is 4.74 Å². The number of hydrogen-bond acceptors (Lipinski definition) is 2. The molecule has 1 saturated carbocycles. The maximum atomic E-state index is 10.7. The van der Waals surface area contributed by atoms with E-state index in [1.165, 1.54) is 5.56 Å². The zero-order valence-corrected chi connectivity index (χ0v) is 9.70. The molecule has 1 aliphatic heterocycles. The highest BCUT2D eigenvalue weighted by atomic mass is 16.5. The van der Waals surface area contributed by atoms with Crippen molar-refractivity contribution >= 4 is 0 Å². The summed E-state index contributed by atoms with van der Waals surface area (Å²) in [6.45, 7) is 2.97. The van der Waals surface area contributed by atoms with Gasteiger partial charge in [-0.15, -0.1) is 0 Å². The quantitative estimate of drug-likeness (QED) is 0.785. The van der Waals surface area contributed by atoms with Crippen LogP contribution in [0.4, 0.5) is 0 Å². The second kappa shape index (κ2) is 3.49. The van der Waals surface area contributed by atoms with Gasteiger partial charge in [-0.3, -0.25) is 0 Å². The van der Waals surface area contributed by atoms with Gasteiger partial charge >= 0.3 is 0 Å². The van der Waals surface area contributed by atoms with Gasteiger partial charge in [-0.25, -0.2) is 0 Å². The zero-order chi connectivity index (χ0) is 11.2. The molecule has 1 aromatic carbocycles. The number of ether oxygens (including phenoxy) is 1. The van der Waals surface area contributed by atoms with Crippen LogP contribution in [0.15, 0.2) is 18.2 Å². The van der Waals surface area contributed by atoms with Crippen molar-refractivity contribution in [2.75, 3.05) is 6.61 Å². The molecule has 2 atom stereocenters. The molecule has 2 unspecified atom stereocenters. The van der Waals surface area contributed by atoms with Crippen molar-refractivity contribution in [3.05, 3.63) is 29.3 Å². The van der Waals surface area contributed by atoms with Crippen LogP contribution < -0.4 is 4.74 Å². The summed E-state index contributed by atoms with van der Waals surface area (Å²) in [5.41, 5.74) is 1.63. The third-order valence-electron chi connectivity index (χ3n) is 3.95. The lowest BCUT2D eigenvalue weighted by atomic mass is 9.89. The van der Waals surface area contributed by atoms with E-state index in [0.717, 1.165) is 43.6 Å². The predicted octanol–water partition coefficient (Wildman–Crippen LogP) is 2.63. The predicted molar refractivity (Wildman–Crippen MR) is 62.6 cm³/mol. The van der Waals surface area contributed by atoms with Gasteiger partial charge in [0.2, 0.25) is 0 Å². The third-order valence-corrected chi connectivity index (χ3v) is 3.95. The maximum Gasteiger partial charge on any atom is 0.128 e. The van der Waals surface area contributed by atoms with Crippen LogP contribution in [0.1, 0.15) is 37.3 Å². The normalized spacial score (nSPS) is 32.5. The van der Waals surface area contributed by atoms with Crippen LogP contribution in [0.25, 0.3) is 0 Å². The summed E-state index contributed by atoms with van der Waals surface area (Å²) in [6.07, 6.45) is 3.83. The molecule has 0 spiro atoms. The molecule has 3 rings (SSSR count). The first-order valence-corrected chi connectivity index (χ1v) is 6.16. The van der Waals surface area contributed by atoms with Crippen molar-refractivity contribution in [3.8, 4) is 5.75 Å². The summed E-state index contributed by atoms with van der Waals surface area (Å²) >= 11 is 0. The summed E-state index contributed by atoms with van der Waals surface area (Å²) in [5, 5.41) is 10.7. The number of benzene rings is 1. The van der Waals surface area contributed by atoms with Crippen molar-refractivity contribution in [1.82, 2.24) is 0 Å². The van der Waals surface area contributed by atoms with E-state index in [1.54, 1.807) is 0 Å². The number of rotatable bonds is 1. The molecule has 1 fully saturated rings. The SMILES string of the molecule is CC1CCC(O)(c2cccc3c2OCC3)C1. The van der Waals surface area contributed by atoms with E-state index in [-0.39, 0.29) is 0 Å². The minimum Gasteiger partial charge on any atom is -0.493 e. The molecule has 0 saturated heterocycles. The Hall–Kier alpha value is -1.02. The molecule has 0 bridgehead atoms. The lowest BCUT2D eigenvalue weighted by Crippen LogP contribution is -2.22. The minimum atomic E-state index is -0.644. The highest BCUT2D eigenvalue weighted by molar-refractivity contribution is 5.47. The van der Waals surface area contributed by atoms with Crippen LogP contribution in [0.5, 0.6) is 5.75 Å². The Morgan fingerprint density at radius 1 is 1.44 bits per heavy atom. The van der Waals surface area contributed by atoms with Gasteiger partial charge in [0.25, 0.3) is 0 Å². The summed E-state index contributed by atoms with van der Waals surface area (Å²) in [5.74, 6) is 1.57. The number of para-hydroxylation sites is 1. The zero-order valence-electron chi connectivity index (χ0n) is 9.70. The Kier molecular flexibility index (Phi) is 2.21. The Balaban J connectivity index is 2.04. The van der Waals surface area contributed by atoms with Crippen LogP contribution in [0.2, 0.25) is 0 Å². The molecule has 1 aromatic rings. The summed E-state index contributed by atoms with van der Waals surface area (Å²) in [6, 6.07) is 6.18. The molecular formula is C14H18O2. The van der Waals surface area contributed by atoms with E-state index in [1.807, 2.05) is 12.1 Å². The van der Waals surface area contributed by atoms with Gasteiger partial charge in [-0.05, 0) is 30.7 Å². The largest absolute Gasteiger partial charge is 0.493 e. The molecule has 1 aliphatic carbocycles. The molecule has 2 heteroatoms. The molecule has 2 nitrogen and oxygen atoms in total. The molecule has 0 radical (unpaired) electrons. The second-order valence-corrected chi connectivity index (χ2v) is 5.27. The first-order valence-electron chi connectivity index (χ1n) is 6.16. The van der Waals surface area contributed by atoms with Crippen LogP contribution in [-0.4, -0.2) is 11.7 Å². The van der Waals surface area contributed by atoms with Gasteiger partial charge in [0.15, 0.2) is 0 Å². The van der Waals surface area contributed by atoms with Crippen molar-refractivity contribution in [2.45, 2.75) is 38.2 Å². The number of hydrogen-bond donors (Lipinski definition) is 1. The van der Waals surface area contributed by atoms with Gasteiger partial charge in [0.05, 0.1) is 12.2 Å². The van der Waals surface area contributed by atoms with E-state index in [2.05, 4.69) is 13.0 Å². The third kappa shape index (κ3) is 1.44. The molecule has 86 valence electrons. The Morgan fingerprint density at radius 2 is 2.31 bits per heavy atom. The fourth-order valence-corrected chi connectivity index (χ4v) is 3.09. The molecule has 16 heavy (non-hydrogen) atoms. The van der Waals surface area contributed by atoms with Crippen molar-refractivity contribution < 1.29 is 9.84 Å². The Morgan fingerprint density at radius 3 is 3.06 bits per heavy atom.